The molecule has 86 valence electrons. The molecule has 1 N–H and O–H groups in total. The van der Waals surface area contributed by atoms with Crippen molar-refractivity contribution in [3.8, 4) is 17.6 Å². The van der Waals surface area contributed by atoms with Crippen LogP contribution in [0.5, 0.6) is 5.75 Å². The van der Waals surface area contributed by atoms with Crippen LogP contribution in [0, 0.1) is 22.0 Å². The molecule has 0 aliphatic carbocycles. The number of aromatic hydroxyl groups is 1. The van der Waals surface area contributed by atoms with Gasteiger partial charge in [0.25, 0.3) is 5.69 Å². The van der Waals surface area contributed by atoms with Crippen molar-refractivity contribution in [1.82, 2.24) is 0 Å². The lowest BCUT2D eigenvalue weighted by atomic mass is 10.2. The fourth-order valence-corrected chi connectivity index (χ4v) is 1.05. The minimum Gasteiger partial charge on any atom is -0.507 e. The van der Waals surface area contributed by atoms with Crippen LogP contribution in [0.3, 0.4) is 0 Å². The van der Waals surface area contributed by atoms with Crippen LogP contribution in [-0.4, -0.2) is 16.6 Å². The fourth-order valence-electron chi connectivity index (χ4n) is 1.05. The van der Waals surface area contributed by atoms with Crippen LogP contribution in [0.25, 0.3) is 10.4 Å². The van der Waals surface area contributed by atoms with Gasteiger partial charge >= 0.3 is 0 Å². The SMILES string of the molecule is [N-]=[N+]=NCCC#Cc1cc([N+](=O)[O-])ccc1O. The number of phenolic OH excluding ortho intramolecular Hbond substituents is 1. The summed E-state index contributed by atoms with van der Waals surface area (Å²) in [6.45, 7) is 0.221. The largest absolute Gasteiger partial charge is 0.507 e. The van der Waals surface area contributed by atoms with Gasteiger partial charge in [-0.25, -0.2) is 0 Å². The van der Waals surface area contributed by atoms with Crippen molar-refractivity contribution in [2.24, 2.45) is 5.11 Å². The summed E-state index contributed by atoms with van der Waals surface area (Å²) in [5.74, 6) is 5.11. The monoisotopic (exact) mass is 232 g/mol. The van der Waals surface area contributed by atoms with E-state index < -0.39 is 4.92 Å². The highest BCUT2D eigenvalue weighted by molar-refractivity contribution is 5.51. The van der Waals surface area contributed by atoms with Crippen LogP contribution in [0.15, 0.2) is 23.3 Å². The number of nitro benzene ring substituents is 1. The number of hydrogen-bond donors (Lipinski definition) is 1. The Balaban J connectivity index is 2.85. The van der Waals surface area contributed by atoms with E-state index in [9.17, 15) is 15.2 Å². The van der Waals surface area contributed by atoms with Crippen molar-refractivity contribution in [2.75, 3.05) is 6.54 Å². The van der Waals surface area contributed by atoms with Gasteiger partial charge in [-0.2, -0.15) is 0 Å². The zero-order valence-corrected chi connectivity index (χ0v) is 8.70. The summed E-state index contributed by atoms with van der Waals surface area (Å²) in [6.07, 6.45) is 0.326. The summed E-state index contributed by atoms with van der Waals surface area (Å²) in [6, 6.07) is 3.60. The third-order valence-electron chi connectivity index (χ3n) is 1.81. The molecular formula is C10H8N4O3. The van der Waals surface area contributed by atoms with Crippen LogP contribution in [-0.2, 0) is 0 Å². The van der Waals surface area contributed by atoms with Crippen molar-refractivity contribution in [3.63, 3.8) is 0 Å². The molecule has 0 atom stereocenters. The molecular weight excluding hydrogens is 224 g/mol. The second-order valence-corrected chi connectivity index (χ2v) is 2.96. The van der Waals surface area contributed by atoms with Crippen LogP contribution < -0.4 is 0 Å². The van der Waals surface area contributed by atoms with E-state index in [0.717, 1.165) is 0 Å². The molecule has 0 unspecified atom stereocenters. The second kappa shape index (κ2) is 6.00. The first-order chi connectivity index (χ1) is 8.15. The maximum absolute atomic E-state index is 10.5. The molecule has 1 aromatic carbocycles. The average molecular weight is 232 g/mol. The molecule has 0 saturated carbocycles. The van der Waals surface area contributed by atoms with E-state index in [1.807, 2.05) is 0 Å². The van der Waals surface area contributed by atoms with Crippen LogP contribution in [0.4, 0.5) is 5.69 Å². The number of nitrogens with zero attached hydrogens (tertiary/aromatic N) is 4. The number of nitro groups is 1. The summed E-state index contributed by atoms with van der Waals surface area (Å²) in [5, 5.41) is 23.2. The fraction of sp³-hybridized carbons (Fsp3) is 0.200. The first-order valence-electron chi connectivity index (χ1n) is 4.62. The third kappa shape index (κ3) is 3.74. The van der Waals surface area contributed by atoms with Gasteiger partial charge in [0.2, 0.25) is 0 Å². The van der Waals surface area contributed by atoms with Gasteiger partial charge in [-0.15, -0.1) is 0 Å². The average Bonchev–Trinajstić information content (AvgIpc) is 2.30. The molecule has 0 fully saturated rings. The summed E-state index contributed by atoms with van der Waals surface area (Å²) in [5.41, 5.74) is 8.06. The Morgan fingerprint density at radius 3 is 3.00 bits per heavy atom. The zero-order chi connectivity index (χ0) is 12.7. The van der Waals surface area contributed by atoms with Gasteiger partial charge in [-0.05, 0) is 11.6 Å². The van der Waals surface area contributed by atoms with Gasteiger partial charge in [0, 0.05) is 30.0 Å². The maximum atomic E-state index is 10.5. The second-order valence-electron chi connectivity index (χ2n) is 2.96. The van der Waals surface area contributed by atoms with E-state index in [1.54, 1.807) is 0 Å². The normalized spacial score (nSPS) is 8.71. The van der Waals surface area contributed by atoms with Crippen molar-refractivity contribution in [3.05, 3.63) is 44.3 Å². The molecule has 17 heavy (non-hydrogen) atoms. The van der Waals surface area contributed by atoms with Gasteiger partial charge in [-0.3, -0.25) is 10.1 Å². The molecule has 0 aromatic heterocycles. The van der Waals surface area contributed by atoms with Gasteiger partial charge < -0.3 is 5.11 Å². The van der Waals surface area contributed by atoms with Gasteiger partial charge in [0.05, 0.1) is 10.5 Å². The lowest BCUT2D eigenvalue weighted by Gasteiger charge is -1.96. The third-order valence-corrected chi connectivity index (χ3v) is 1.81. The number of azide groups is 1. The van der Waals surface area contributed by atoms with Gasteiger partial charge in [-0.1, -0.05) is 17.0 Å². The molecule has 0 heterocycles. The van der Waals surface area contributed by atoms with Crippen molar-refractivity contribution >= 4 is 5.69 Å². The van der Waals surface area contributed by atoms with Gasteiger partial charge in [0.15, 0.2) is 0 Å². The molecule has 0 amide bonds. The molecule has 0 spiro atoms. The summed E-state index contributed by atoms with van der Waals surface area (Å²) in [7, 11) is 0. The highest BCUT2D eigenvalue weighted by Crippen LogP contribution is 2.21. The van der Waals surface area contributed by atoms with Crippen LogP contribution in [0.2, 0.25) is 0 Å². The highest BCUT2D eigenvalue weighted by atomic mass is 16.6. The first-order valence-corrected chi connectivity index (χ1v) is 4.62. The molecule has 7 heteroatoms. The van der Waals surface area contributed by atoms with E-state index >= 15 is 0 Å². The lowest BCUT2D eigenvalue weighted by Crippen LogP contribution is -1.88. The molecule has 0 aliphatic heterocycles. The number of phenols is 1. The molecule has 7 nitrogen and oxygen atoms in total. The summed E-state index contributed by atoms with van der Waals surface area (Å²) >= 11 is 0. The molecule has 0 bridgehead atoms. The topological polar surface area (TPSA) is 112 Å². The van der Waals surface area contributed by atoms with E-state index in [-0.39, 0.29) is 23.5 Å². The Morgan fingerprint density at radius 2 is 2.35 bits per heavy atom. The molecule has 0 aliphatic rings. The Kier molecular flexibility index (Phi) is 4.36. The number of benzene rings is 1. The highest BCUT2D eigenvalue weighted by Gasteiger charge is 2.08. The Bertz CT molecular complexity index is 538. The van der Waals surface area contributed by atoms with Crippen LogP contribution in [0.1, 0.15) is 12.0 Å². The number of rotatable bonds is 3. The zero-order valence-electron chi connectivity index (χ0n) is 8.70. The van der Waals surface area contributed by atoms with E-state index in [0.29, 0.717) is 6.42 Å². The molecule has 1 aromatic rings. The number of hydrogen-bond acceptors (Lipinski definition) is 4. The minimum atomic E-state index is -0.565. The van der Waals surface area contributed by atoms with Crippen molar-refractivity contribution < 1.29 is 10.0 Å². The molecule has 0 saturated heterocycles. The van der Waals surface area contributed by atoms with Gasteiger partial charge in [0.1, 0.15) is 5.75 Å². The lowest BCUT2D eigenvalue weighted by molar-refractivity contribution is -0.384. The van der Waals surface area contributed by atoms with Crippen molar-refractivity contribution in [1.29, 1.82) is 0 Å². The standard InChI is InChI=1S/C10H8N4O3/c11-13-12-6-2-1-3-8-7-9(14(16)17)4-5-10(8)15/h4-5,7,15H,2,6H2. The Labute approximate surface area is 96.5 Å². The van der Waals surface area contributed by atoms with E-state index in [1.165, 1.54) is 18.2 Å². The number of non-ortho nitro benzene ring substituents is 1. The first kappa shape index (κ1) is 12.4. The maximum Gasteiger partial charge on any atom is 0.270 e. The summed E-state index contributed by atoms with van der Waals surface area (Å²) < 4.78 is 0. The molecule has 1 rings (SSSR count). The Hall–Kier alpha value is -2.71. The van der Waals surface area contributed by atoms with Crippen molar-refractivity contribution in [2.45, 2.75) is 6.42 Å². The Morgan fingerprint density at radius 1 is 1.59 bits per heavy atom. The minimum absolute atomic E-state index is 0.119. The van der Waals surface area contributed by atoms with Crippen LogP contribution >= 0.6 is 0 Å². The predicted molar refractivity (Wildman–Crippen MR) is 60.3 cm³/mol. The predicted octanol–water partition coefficient (Wildman–Crippen LogP) is 2.35. The smallest absolute Gasteiger partial charge is 0.270 e. The van der Waals surface area contributed by atoms with E-state index in [2.05, 4.69) is 21.9 Å². The van der Waals surface area contributed by atoms with E-state index in [4.69, 9.17) is 5.53 Å². The summed E-state index contributed by atoms with van der Waals surface area (Å²) in [4.78, 5) is 12.5. The molecule has 0 radical (unpaired) electrons. The quantitative estimate of drug-likeness (QED) is 0.164.